The number of nitrogens with one attached hydrogen (secondary N) is 1. The summed E-state index contributed by atoms with van der Waals surface area (Å²) in [6.45, 7) is 4.73. The zero-order valence-electron chi connectivity index (χ0n) is 9.66. The smallest absolute Gasteiger partial charge is 0.237 e. The first-order chi connectivity index (χ1) is 7.11. The number of amides is 1. The third-order valence-electron chi connectivity index (χ3n) is 2.80. The molecule has 4 heteroatoms. The second-order valence-electron chi connectivity index (χ2n) is 4.50. The van der Waals surface area contributed by atoms with Crippen molar-refractivity contribution in [1.29, 1.82) is 0 Å². The highest BCUT2D eigenvalue weighted by Gasteiger charge is 2.19. The molecule has 0 bridgehead atoms. The largest absolute Gasteiger partial charge is 0.354 e. The van der Waals surface area contributed by atoms with Crippen molar-refractivity contribution in [2.75, 3.05) is 12.3 Å². The lowest BCUT2D eigenvalue weighted by molar-refractivity contribution is -0.123. The first kappa shape index (κ1) is 12.8. The third kappa shape index (κ3) is 4.43. The summed E-state index contributed by atoms with van der Waals surface area (Å²) in [6.07, 6.45) is 3.84. The Bertz CT molecular complexity index is 203. The molecule has 1 saturated heterocycles. The Balaban J connectivity index is 2.20. The molecule has 3 nitrogen and oxygen atoms in total. The van der Waals surface area contributed by atoms with Crippen LogP contribution < -0.4 is 11.1 Å². The Morgan fingerprint density at radius 2 is 2.27 bits per heavy atom. The second kappa shape index (κ2) is 6.38. The summed E-state index contributed by atoms with van der Waals surface area (Å²) in [7, 11) is 0. The summed E-state index contributed by atoms with van der Waals surface area (Å²) in [5.74, 6) is 1.44. The summed E-state index contributed by atoms with van der Waals surface area (Å²) >= 11 is 1.97. The lowest BCUT2D eigenvalue weighted by Crippen LogP contribution is -2.45. The predicted molar refractivity (Wildman–Crippen MR) is 65.9 cm³/mol. The van der Waals surface area contributed by atoms with Gasteiger partial charge in [0.2, 0.25) is 5.91 Å². The maximum absolute atomic E-state index is 11.6. The normalized spacial score (nSPS) is 23.9. The van der Waals surface area contributed by atoms with Crippen molar-refractivity contribution in [1.82, 2.24) is 5.32 Å². The van der Waals surface area contributed by atoms with Crippen molar-refractivity contribution in [3.05, 3.63) is 0 Å². The molecule has 0 spiro atoms. The monoisotopic (exact) mass is 230 g/mol. The van der Waals surface area contributed by atoms with E-state index in [2.05, 4.69) is 5.32 Å². The van der Waals surface area contributed by atoms with Gasteiger partial charge in [-0.25, -0.2) is 0 Å². The number of nitrogens with two attached hydrogens (primary N) is 1. The molecule has 1 rings (SSSR count). The minimum Gasteiger partial charge on any atom is -0.354 e. The van der Waals surface area contributed by atoms with Gasteiger partial charge >= 0.3 is 0 Å². The lowest BCUT2D eigenvalue weighted by atomic mass is 10.0. The summed E-state index contributed by atoms with van der Waals surface area (Å²) < 4.78 is 0. The van der Waals surface area contributed by atoms with Crippen molar-refractivity contribution >= 4 is 17.7 Å². The van der Waals surface area contributed by atoms with Crippen LogP contribution in [0, 0.1) is 5.92 Å². The molecule has 1 unspecified atom stereocenters. The average molecular weight is 230 g/mol. The van der Waals surface area contributed by atoms with Gasteiger partial charge in [0.25, 0.3) is 0 Å². The Kier molecular flexibility index (Phi) is 5.47. The molecule has 2 atom stereocenters. The minimum atomic E-state index is -0.362. The van der Waals surface area contributed by atoms with Crippen LogP contribution >= 0.6 is 11.8 Å². The summed E-state index contributed by atoms with van der Waals surface area (Å²) in [5, 5.41) is 3.55. The van der Waals surface area contributed by atoms with Gasteiger partial charge in [0.05, 0.1) is 6.04 Å². The van der Waals surface area contributed by atoms with Crippen LogP contribution in [-0.2, 0) is 4.79 Å². The van der Waals surface area contributed by atoms with Gasteiger partial charge in [0, 0.05) is 11.8 Å². The quantitative estimate of drug-likeness (QED) is 0.767. The molecular weight excluding hydrogens is 208 g/mol. The number of carbonyl (C=O) groups excluding carboxylic acids is 1. The van der Waals surface area contributed by atoms with Gasteiger partial charge in [0.15, 0.2) is 0 Å². The highest BCUT2D eigenvalue weighted by atomic mass is 32.2. The summed E-state index contributed by atoms with van der Waals surface area (Å²) in [6, 6.07) is -0.362. The molecule has 1 heterocycles. The molecule has 0 saturated carbocycles. The zero-order chi connectivity index (χ0) is 11.3. The first-order valence-corrected chi connectivity index (χ1v) is 6.81. The molecule has 0 aliphatic carbocycles. The summed E-state index contributed by atoms with van der Waals surface area (Å²) in [4.78, 5) is 11.6. The Hall–Kier alpha value is -0.220. The predicted octanol–water partition coefficient (Wildman–Crippen LogP) is 1.37. The molecule has 0 aromatic carbocycles. The van der Waals surface area contributed by atoms with E-state index in [1.165, 1.54) is 25.0 Å². The molecule has 1 aliphatic heterocycles. The van der Waals surface area contributed by atoms with E-state index in [1.54, 1.807) is 0 Å². The standard InChI is InChI=1S/C11H22N2OS/c1-8(2)10(12)11(14)13-7-9-5-3-4-6-15-9/h8-10H,3-7,12H2,1-2H3,(H,13,14)/t9?,10-/m1/s1. The van der Waals surface area contributed by atoms with E-state index in [-0.39, 0.29) is 17.9 Å². The summed E-state index contributed by atoms with van der Waals surface area (Å²) in [5.41, 5.74) is 5.76. The number of hydrogen-bond donors (Lipinski definition) is 2. The molecule has 1 amide bonds. The van der Waals surface area contributed by atoms with Crippen molar-refractivity contribution in [3.63, 3.8) is 0 Å². The van der Waals surface area contributed by atoms with E-state index < -0.39 is 0 Å². The fourth-order valence-electron chi connectivity index (χ4n) is 1.60. The van der Waals surface area contributed by atoms with Crippen molar-refractivity contribution < 1.29 is 4.79 Å². The zero-order valence-corrected chi connectivity index (χ0v) is 10.5. The molecule has 0 aromatic rings. The molecular formula is C11H22N2OS. The SMILES string of the molecule is CC(C)[C@@H](N)C(=O)NCC1CCCCS1. The van der Waals surface area contributed by atoms with Crippen molar-refractivity contribution in [2.45, 2.75) is 44.4 Å². The van der Waals surface area contributed by atoms with Crippen LogP contribution in [0.5, 0.6) is 0 Å². The fourth-order valence-corrected chi connectivity index (χ4v) is 2.84. The number of thioether (sulfide) groups is 1. The van der Waals surface area contributed by atoms with Crippen LogP contribution in [0.25, 0.3) is 0 Å². The van der Waals surface area contributed by atoms with Gasteiger partial charge < -0.3 is 11.1 Å². The Morgan fingerprint density at radius 3 is 2.80 bits per heavy atom. The molecule has 3 N–H and O–H groups in total. The van der Waals surface area contributed by atoms with Gasteiger partial charge in [-0.2, -0.15) is 11.8 Å². The van der Waals surface area contributed by atoms with E-state index >= 15 is 0 Å². The minimum absolute atomic E-state index is 0.00354. The second-order valence-corrected chi connectivity index (χ2v) is 5.91. The number of carbonyl (C=O) groups is 1. The first-order valence-electron chi connectivity index (χ1n) is 5.76. The van der Waals surface area contributed by atoms with Crippen molar-refractivity contribution in [2.24, 2.45) is 11.7 Å². The van der Waals surface area contributed by atoms with Crippen LogP contribution in [0.1, 0.15) is 33.1 Å². The average Bonchev–Trinajstić information content (AvgIpc) is 2.26. The molecule has 88 valence electrons. The van der Waals surface area contributed by atoms with Crippen LogP contribution in [0.2, 0.25) is 0 Å². The fraction of sp³-hybridized carbons (Fsp3) is 0.909. The van der Waals surface area contributed by atoms with Gasteiger partial charge in [0.1, 0.15) is 0 Å². The van der Waals surface area contributed by atoms with Crippen LogP contribution in [-0.4, -0.2) is 29.5 Å². The highest BCUT2D eigenvalue weighted by molar-refractivity contribution is 7.99. The van der Waals surface area contributed by atoms with E-state index in [4.69, 9.17) is 5.73 Å². The third-order valence-corrected chi connectivity index (χ3v) is 4.20. The molecule has 1 fully saturated rings. The number of hydrogen-bond acceptors (Lipinski definition) is 3. The van der Waals surface area contributed by atoms with E-state index in [9.17, 15) is 4.79 Å². The van der Waals surface area contributed by atoms with E-state index in [1.807, 2.05) is 25.6 Å². The molecule has 15 heavy (non-hydrogen) atoms. The van der Waals surface area contributed by atoms with E-state index in [0.717, 1.165) is 6.54 Å². The maximum Gasteiger partial charge on any atom is 0.237 e. The molecule has 1 aliphatic rings. The Morgan fingerprint density at radius 1 is 1.53 bits per heavy atom. The topological polar surface area (TPSA) is 55.1 Å². The van der Waals surface area contributed by atoms with E-state index in [0.29, 0.717) is 5.25 Å². The van der Waals surface area contributed by atoms with Crippen LogP contribution in [0.4, 0.5) is 0 Å². The van der Waals surface area contributed by atoms with Crippen molar-refractivity contribution in [3.8, 4) is 0 Å². The van der Waals surface area contributed by atoms with Crippen LogP contribution in [0.15, 0.2) is 0 Å². The lowest BCUT2D eigenvalue weighted by Gasteiger charge is -2.23. The van der Waals surface area contributed by atoms with Gasteiger partial charge in [-0.15, -0.1) is 0 Å². The van der Waals surface area contributed by atoms with Gasteiger partial charge in [-0.3, -0.25) is 4.79 Å². The van der Waals surface area contributed by atoms with Gasteiger partial charge in [-0.05, 0) is 24.5 Å². The van der Waals surface area contributed by atoms with Crippen LogP contribution in [0.3, 0.4) is 0 Å². The molecule has 0 aromatic heterocycles. The maximum atomic E-state index is 11.6. The highest BCUT2D eigenvalue weighted by Crippen LogP contribution is 2.24. The number of rotatable bonds is 4. The van der Waals surface area contributed by atoms with Gasteiger partial charge in [-0.1, -0.05) is 20.3 Å². The Labute approximate surface area is 96.6 Å². The molecule has 0 radical (unpaired) electrons.